The molecular weight excluding hydrogens is 360 g/mol. The average molecular weight is 384 g/mol. The van der Waals surface area contributed by atoms with Crippen LogP contribution in [0.4, 0.5) is 11.4 Å². The first-order valence-electron chi connectivity index (χ1n) is 9.16. The molecule has 0 aliphatic heterocycles. The maximum absolute atomic E-state index is 12.2. The highest BCUT2D eigenvalue weighted by Gasteiger charge is 2.18. The topological polar surface area (TPSA) is 93.7 Å². The van der Waals surface area contributed by atoms with Gasteiger partial charge in [0.2, 0.25) is 0 Å². The minimum absolute atomic E-state index is 0.195. The molecule has 148 valence electrons. The van der Waals surface area contributed by atoms with Crippen molar-refractivity contribution in [2.75, 3.05) is 23.8 Å². The molecular formula is C21H24N2O5. The molecule has 2 aromatic rings. The summed E-state index contributed by atoms with van der Waals surface area (Å²) in [6.07, 6.45) is 1.65. The number of carbonyl (C=O) groups excluding carboxylic acids is 3. The lowest BCUT2D eigenvalue weighted by atomic mass is 10.1. The molecule has 0 unspecified atom stereocenters. The second-order valence-electron chi connectivity index (χ2n) is 5.90. The number of para-hydroxylation sites is 1. The normalized spacial score (nSPS) is 10.1. The molecule has 0 saturated carbocycles. The van der Waals surface area contributed by atoms with Crippen molar-refractivity contribution in [2.45, 2.75) is 26.7 Å². The van der Waals surface area contributed by atoms with E-state index in [4.69, 9.17) is 9.47 Å². The highest BCUT2D eigenvalue weighted by molar-refractivity contribution is 6.43. The Balaban J connectivity index is 2.00. The van der Waals surface area contributed by atoms with Crippen LogP contribution >= 0.6 is 0 Å². The van der Waals surface area contributed by atoms with Gasteiger partial charge in [-0.05, 0) is 49.7 Å². The summed E-state index contributed by atoms with van der Waals surface area (Å²) in [5.41, 5.74) is 0.868. The third kappa shape index (κ3) is 6.12. The van der Waals surface area contributed by atoms with Crippen molar-refractivity contribution in [1.82, 2.24) is 0 Å². The van der Waals surface area contributed by atoms with Crippen molar-refractivity contribution in [1.29, 1.82) is 0 Å². The minimum Gasteiger partial charge on any atom is -0.494 e. The third-order valence-electron chi connectivity index (χ3n) is 3.76. The van der Waals surface area contributed by atoms with Crippen molar-refractivity contribution in [3.63, 3.8) is 0 Å². The van der Waals surface area contributed by atoms with Gasteiger partial charge in [0.05, 0.1) is 24.5 Å². The SMILES string of the molecule is CCCCOC(=O)c1ccccc1NC(=O)C(=O)Nc1ccc(OCC)cc1. The van der Waals surface area contributed by atoms with Crippen LogP contribution in [0.25, 0.3) is 0 Å². The quantitative estimate of drug-likeness (QED) is 0.412. The molecule has 28 heavy (non-hydrogen) atoms. The predicted molar refractivity (Wildman–Crippen MR) is 107 cm³/mol. The van der Waals surface area contributed by atoms with E-state index in [0.717, 1.165) is 12.8 Å². The summed E-state index contributed by atoms with van der Waals surface area (Å²) < 4.78 is 10.5. The number of carbonyl (C=O) groups is 3. The van der Waals surface area contributed by atoms with Gasteiger partial charge in [-0.3, -0.25) is 9.59 Å². The molecule has 0 radical (unpaired) electrons. The van der Waals surface area contributed by atoms with E-state index < -0.39 is 17.8 Å². The van der Waals surface area contributed by atoms with E-state index in [0.29, 0.717) is 24.7 Å². The van der Waals surface area contributed by atoms with Crippen LogP contribution in [0.3, 0.4) is 0 Å². The first kappa shape index (κ1) is 21.0. The smallest absolute Gasteiger partial charge is 0.340 e. The number of unbranched alkanes of at least 4 members (excludes halogenated alkanes) is 1. The molecule has 2 rings (SSSR count). The summed E-state index contributed by atoms with van der Waals surface area (Å²) >= 11 is 0. The first-order chi connectivity index (χ1) is 13.5. The number of benzene rings is 2. The molecule has 0 aliphatic carbocycles. The highest BCUT2D eigenvalue weighted by Crippen LogP contribution is 2.18. The summed E-state index contributed by atoms with van der Waals surface area (Å²) in [6, 6.07) is 13.0. The summed E-state index contributed by atoms with van der Waals surface area (Å²) in [6.45, 7) is 4.70. The van der Waals surface area contributed by atoms with Crippen LogP contribution < -0.4 is 15.4 Å². The van der Waals surface area contributed by atoms with Crippen LogP contribution in [0.5, 0.6) is 5.75 Å². The molecule has 2 aromatic carbocycles. The fourth-order valence-electron chi connectivity index (χ4n) is 2.33. The van der Waals surface area contributed by atoms with Crippen molar-refractivity contribution < 1.29 is 23.9 Å². The Labute approximate surface area is 164 Å². The van der Waals surface area contributed by atoms with E-state index in [1.165, 1.54) is 6.07 Å². The van der Waals surface area contributed by atoms with E-state index >= 15 is 0 Å². The molecule has 7 nitrogen and oxygen atoms in total. The molecule has 0 aromatic heterocycles. The van der Waals surface area contributed by atoms with Gasteiger partial charge in [-0.25, -0.2) is 4.79 Å². The summed E-state index contributed by atoms with van der Waals surface area (Å²) in [5, 5.41) is 4.96. The summed E-state index contributed by atoms with van der Waals surface area (Å²) in [5.74, 6) is -1.61. The van der Waals surface area contributed by atoms with Crippen molar-refractivity contribution >= 4 is 29.2 Å². The van der Waals surface area contributed by atoms with E-state index in [9.17, 15) is 14.4 Å². The minimum atomic E-state index is -0.886. The number of esters is 1. The van der Waals surface area contributed by atoms with Gasteiger partial charge in [-0.15, -0.1) is 0 Å². The largest absolute Gasteiger partial charge is 0.494 e. The van der Waals surface area contributed by atoms with E-state index in [2.05, 4.69) is 10.6 Å². The molecule has 7 heteroatoms. The number of hydrogen-bond donors (Lipinski definition) is 2. The molecule has 2 amide bonds. The number of rotatable bonds is 8. The molecule has 0 aliphatic rings. The molecule has 0 fully saturated rings. The monoisotopic (exact) mass is 384 g/mol. The van der Waals surface area contributed by atoms with Gasteiger partial charge < -0.3 is 20.1 Å². The van der Waals surface area contributed by atoms with Gasteiger partial charge >= 0.3 is 17.8 Å². The zero-order valence-electron chi connectivity index (χ0n) is 16.0. The predicted octanol–water partition coefficient (Wildman–Crippen LogP) is 3.62. The van der Waals surface area contributed by atoms with Gasteiger partial charge in [0.15, 0.2) is 0 Å². The Hall–Kier alpha value is -3.35. The second kappa shape index (κ2) is 10.7. The zero-order valence-corrected chi connectivity index (χ0v) is 16.0. The first-order valence-corrected chi connectivity index (χ1v) is 9.16. The maximum Gasteiger partial charge on any atom is 0.340 e. The molecule has 0 saturated heterocycles. The fourth-order valence-corrected chi connectivity index (χ4v) is 2.33. The standard InChI is InChI=1S/C21H24N2O5/c1-3-5-14-28-21(26)17-8-6-7-9-18(17)23-20(25)19(24)22-15-10-12-16(13-11-15)27-4-2/h6-13H,3-5,14H2,1-2H3,(H,22,24)(H,23,25). The van der Waals surface area contributed by atoms with Crippen LogP contribution in [0.15, 0.2) is 48.5 Å². The molecule has 0 heterocycles. The van der Waals surface area contributed by atoms with Gasteiger partial charge in [0.1, 0.15) is 5.75 Å². The Morgan fingerprint density at radius 3 is 2.25 bits per heavy atom. The van der Waals surface area contributed by atoms with Crippen molar-refractivity contribution in [2.24, 2.45) is 0 Å². The van der Waals surface area contributed by atoms with Crippen LogP contribution in [0.2, 0.25) is 0 Å². The number of ether oxygens (including phenoxy) is 2. The van der Waals surface area contributed by atoms with E-state index in [-0.39, 0.29) is 11.3 Å². The van der Waals surface area contributed by atoms with E-state index in [1.807, 2.05) is 13.8 Å². The third-order valence-corrected chi connectivity index (χ3v) is 3.76. The number of nitrogens with one attached hydrogen (secondary N) is 2. The lowest BCUT2D eigenvalue weighted by Gasteiger charge is -2.11. The Bertz CT molecular complexity index is 818. The van der Waals surface area contributed by atoms with Gasteiger partial charge in [0, 0.05) is 5.69 Å². The number of amides is 2. The van der Waals surface area contributed by atoms with Crippen LogP contribution in [0.1, 0.15) is 37.0 Å². The van der Waals surface area contributed by atoms with Crippen LogP contribution in [-0.2, 0) is 14.3 Å². The lowest BCUT2D eigenvalue weighted by Crippen LogP contribution is -2.29. The molecule has 0 bridgehead atoms. The van der Waals surface area contributed by atoms with Crippen molar-refractivity contribution in [3.8, 4) is 5.75 Å². The molecule has 0 spiro atoms. The molecule has 2 N–H and O–H groups in total. The van der Waals surface area contributed by atoms with Crippen LogP contribution in [0, 0.1) is 0 Å². The second-order valence-corrected chi connectivity index (χ2v) is 5.90. The molecule has 0 atom stereocenters. The van der Waals surface area contributed by atoms with Gasteiger partial charge in [0.25, 0.3) is 0 Å². The Kier molecular flexibility index (Phi) is 8.02. The van der Waals surface area contributed by atoms with Gasteiger partial charge in [-0.2, -0.15) is 0 Å². The van der Waals surface area contributed by atoms with Crippen LogP contribution in [-0.4, -0.2) is 31.0 Å². The average Bonchev–Trinajstić information content (AvgIpc) is 2.70. The fraction of sp³-hybridized carbons (Fsp3) is 0.286. The van der Waals surface area contributed by atoms with Crippen molar-refractivity contribution in [3.05, 3.63) is 54.1 Å². The Morgan fingerprint density at radius 2 is 1.57 bits per heavy atom. The van der Waals surface area contributed by atoms with E-state index in [1.54, 1.807) is 42.5 Å². The highest BCUT2D eigenvalue weighted by atomic mass is 16.5. The zero-order chi connectivity index (χ0) is 20.4. The Morgan fingerprint density at radius 1 is 0.893 bits per heavy atom. The summed E-state index contributed by atoms with van der Waals surface area (Å²) in [7, 11) is 0. The number of anilines is 2. The lowest BCUT2D eigenvalue weighted by molar-refractivity contribution is -0.133. The number of hydrogen-bond acceptors (Lipinski definition) is 5. The summed E-state index contributed by atoms with van der Waals surface area (Å²) in [4.78, 5) is 36.6. The van der Waals surface area contributed by atoms with Gasteiger partial charge in [-0.1, -0.05) is 25.5 Å². The maximum atomic E-state index is 12.2.